The molecule has 0 saturated heterocycles. The van der Waals surface area contributed by atoms with Gasteiger partial charge in [-0.25, -0.2) is 9.97 Å². The van der Waals surface area contributed by atoms with E-state index >= 15 is 0 Å². The fourth-order valence-electron chi connectivity index (χ4n) is 2.94. The molecule has 0 atom stereocenters. The van der Waals surface area contributed by atoms with Crippen LogP contribution in [-0.2, 0) is 22.4 Å². The van der Waals surface area contributed by atoms with Crippen LogP contribution in [0.1, 0.15) is 22.8 Å². The summed E-state index contributed by atoms with van der Waals surface area (Å²) in [6.45, 7) is 0. The van der Waals surface area contributed by atoms with Crippen molar-refractivity contribution in [3.05, 3.63) is 71.3 Å². The van der Waals surface area contributed by atoms with Crippen LogP contribution in [-0.4, -0.2) is 19.9 Å². The number of aromatic nitrogens is 4. The summed E-state index contributed by atoms with van der Waals surface area (Å²) >= 11 is 0. The first-order valence-corrected chi connectivity index (χ1v) is 7.85. The quantitative estimate of drug-likeness (QED) is 0.360. The number of H-pyrrole nitrogens is 2. The van der Waals surface area contributed by atoms with Gasteiger partial charge in [0.2, 0.25) is 0 Å². The molecule has 0 saturated carbocycles. The summed E-state index contributed by atoms with van der Waals surface area (Å²) < 4.78 is 0. The summed E-state index contributed by atoms with van der Waals surface area (Å²) in [4.78, 5) is 16.0. The predicted molar refractivity (Wildman–Crippen MR) is 98.9 cm³/mol. The van der Waals surface area contributed by atoms with Crippen molar-refractivity contribution in [2.75, 3.05) is 0 Å². The van der Waals surface area contributed by atoms with Gasteiger partial charge in [-0.15, -0.1) is 0 Å². The van der Waals surface area contributed by atoms with E-state index in [-0.39, 0.29) is 22.4 Å². The molecule has 2 aliphatic rings. The number of nitrogens with zero attached hydrogens (tertiary/aromatic N) is 2. The number of aromatic amines is 2. The van der Waals surface area contributed by atoms with Crippen molar-refractivity contribution >= 4 is 46.4 Å². The number of hydrogen-bond acceptors (Lipinski definition) is 2. The van der Waals surface area contributed by atoms with Gasteiger partial charge in [-0.1, -0.05) is 0 Å². The zero-order chi connectivity index (χ0) is 15.9. The smallest absolute Gasteiger partial charge is 0.0658 e. The molecule has 1 radical (unpaired) electrons. The van der Waals surface area contributed by atoms with Gasteiger partial charge in [0.15, 0.2) is 0 Å². The van der Waals surface area contributed by atoms with E-state index in [9.17, 15) is 0 Å². The minimum absolute atomic E-state index is 0. The summed E-state index contributed by atoms with van der Waals surface area (Å²) in [7, 11) is 0. The molecular formula is C20H14AgN4. The van der Waals surface area contributed by atoms with Gasteiger partial charge in [0, 0.05) is 44.4 Å². The molecule has 0 fully saturated rings. The van der Waals surface area contributed by atoms with Crippen molar-refractivity contribution in [3.8, 4) is 0 Å². The van der Waals surface area contributed by atoms with Crippen LogP contribution in [0, 0.1) is 0 Å². The molecule has 2 aliphatic heterocycles. The monoisotopic (exact) mass is 417 g/mol. The molecule has 0 aromatic carbocycles. The summed E-state index contributed by atoms with van der Waals surface area (Å²) in [5.41, 5.74) is 7.86. The Hall–Kier alpha value is -2.66. The fraction of sp³-hybridized carbons (Fsp3) is 0. The van der Waals surface area contributed by atoms with E-state index in [1.54, 1.807) is 0 Å². The Morgan fingerprint density at radius 2 is 0.760 bits per heavy atom. The second-order valence-electron chi connectivity index (χ2n) is 5.91. The van der Waals surface area contributed by atoms with E-state index < -0.39 is 0 Å². The largest absolute Gasteiger partial charge is 0.355 e. The van der Waals surface area contributed by atoms with E-state index in [2.05, 4.69) is 44.2 Å². The Kier molecular flexibility index (Phi) is 4.01. The van der Waals surface area contributed by atoms with Crippen molar-refractivity contribution in [1.82, 2.24) is 19.9 Å². The van der Waals surface area contributed by atoms with Gasteiger partial charge in [0.1, 0.15) is 0 Å². The Bertz CT molecular complexity index is 990. The van der Waals surface area contributed by atoms with Gasteiger partial charge in [-0.3, -0.25) is 0 Å². The number of hydrogen-bond donors (Lipinski definition) is 2. The number of rotatable bonds is 0. The van der Waals surface area contributed by atoms with E-state index in [0.717, 1.165) is 44.8 Å². The Labute approximate surface area is 159 Å². The maximum atomic E-state index is 4.63. The zero-order valence-electron chi connectivity index (χ0n) is 13.1. The van der Waals surface area contributed by atoms with Crippen molar-refractivity contribution in [2.24, 2.45) is 0 Å². The molecule has 5 rings (SSSR count). The van der Waals surface area contributed by atoms with Crippen LogP contribution in [0.3, 0.4) is 0 Å². The standard InChI is InChI=1S/C20H14N4.Ag/c1-2-14-10-16-5-6-18(23-16)12-20-8-7-19(24-20)11-17-4-3-15(22-17)9-13(1)21-14;/h1-12,21,24H;. The van der Waals surface area contributed by atoms with Crippen LogP contribution in [0.15, 0.2) is 48.5 Å². The van der Waals surface area contributed by atoms with E-state index in [0.29, 0.717) is 0 Å². The maximum absolute atomic E-state index is 4.63. The van der Waals surface area contributed by atoms with E-state index in [1.165, 1.54) is 0 Å². The minimum atomic E-state index is 0. The normalized spacial score (nSPS) is 12.2. The number of nitrogens with one attached hydrogen (secondary N) is 2. The van der Waals surface area contributed by atoms with Crippen molar-refractivity contribution in [3.63, 3.8) is 0 Å². The van der Waals surface area contributed by atoms with Crippen LogP contribution in [0.25, 0.3) is 46.4 Å². The van der Waals surface area contributed by atoms with E-state index in [4.69, 9.17) is 0 Å². The minimum Gasteiger partial charge on any atom is -0.355 e. The van der Waals surface area contributed by atoms with Crippen LogP contribution in [0.2, 0.25) is 0 Å². The molecule has 0 unspecified atom stereocenters. The van der Waals surface area contributed by atoms with Crippen LogP contribution in [0.5, 0.6) is 0 Å². The van der Waals surface area contributed by atoms with Gasteiger partial charge >= 0.3 is 0 Å². The zero-order valence-corrected chi connectivity index (χ0v) is 14.6. The van der Waals surface area contributed by atoms with Crippen LogP contribution < -0.4 is 0 Å². The van der Waals surface area contributed by atoms with Crippen LogP contribution in [0.4, 0.5) is 0 Å². The summed E-state index contributed by atoms with van der Waals surface area (Å²) in [6, 6.07) is 16.4. The molecule has 3 aromatic rings. The van der Waals surface area contributed by atoms with Crippen molar-refractivity contribution < 1.29 is 22.4 Å². The Morgan fingerprint density at radius 1 is 0.480 bits per heavy atom. The second-order valence-corrected chi connectivity index (χ2v) is 5.91. The Morgan fingerprint density at radius 3 is 1.04 bits per heavy atom. The summed E-state index contributed by atoms with van der Waals surface area (Å²) in [6.07, 6.45) is 8.09. The summed E-state index contributed by atoms with van der Waals surface area (Å²) in [5.74, 6) is 0. The van der Waals surface area contributed by atoms with Crippen molar-refractivity contribution in [1.29, 1.82) is 0 Å². The van der Waals surface area contributed by atoms with Gasteiger partial charge < -0.3 is 9.97 Å². The SMILES string of the molecule is C1=Cc2cc3ccc(cc4nc(cc5ccc(cc1n2)[nH]5)C=C4)[nH]3.[Ag]. The van der Waals surface area contributed by atoms with Gasteiger partial charge in [-0.05, 0) is 72.8 Å². The molecular weight excluding hydrogens is 404 g/mol. The molecule has 5 heteroatoms. The first kappa shape index (κ1) is 15.8. The molecule has 125 valence electrons. The molecule has 0 spiro atoms. The van der Waals surface area contributed by atoms with E-state index in [1.807, 2.05) is 48.6 Å². The summed E-state index contributed by atoms with van der Waals surface area (Å²) in [5, 5.41) is 0. The van der Waals surface area contributed by atoms with Gasteiger partial charge in [-0.2, -0.15) is 0 Å². The molecule has 25 heavy (non-hydrogen) atoms. The molecule has 0 amide bonds. The fourth-order valence-corrected chi connectivity index (χ4v) is 2.94. The molecule has 5 heterocycles. The molecule has 2 N–H and O–H groups in total. The average Bonchev–Trinajstić information content (AvgIpc) is 3.32. The molecule has 8 bridgehead atoms. The second kappa shape index (κ2) is 6.33. The molecule has 0 aliphatic carbocycles. The Balaban J connectivity index is 0.00000157. The molecule has 3 aromatic heterocycles. The first-order valence-electron chi connectivity index (χ1n) is 7.85. The van der Waals surface area contributed by atoms with Gasteiger partial charge in [0.05, 0.1) is 22.8 Å². The predicted octanol–water partition coefficient (Wildman–Crippen LogP) is 4.65. The number of fused-ring (bicyclic) bond motifs is 8. The third kappa shape index (κ3) is 3.28. The third-order valence-corrected chi connectivity index (χ3v) is 4.04. The third-order valence-electron chi connectivity index (χ3n) is 4.04. The van der Waals surface area contributed by atoms with Gasteiger partial charge in [0.25, 0.3) is 0 Å². The topological polar surface area (TPSA) is 57.4 Å². The molecule has 4 nitrogen and oxygen atoms in total. The van der Waals surface area contributed by atoms with Crippen molar-refractivity contribution in [2.45, 2.75) is 0 Å². The first-order chi connectivity index (χ1) is 11.8. The maximum Gasteiger partial charge on any atom is 0.0658 e. The average molecular weight is 418 g/mol. The van der Waals surface area contributed by atoms with Crippen LogP contribution >= 0.6 is 0 Å².